The van der Waals surface area contributed by atoms with Gasteiger partial charge in [0.2, 0.25) is 5.91 Å². The van der Waals surface area contributed by atoms with Crippen molar-refractivity contribution in [2.45, 2.75) is 31.7 Å². The highest BCUT2D eigenvalue weighted by atomic mass is 35.5. The third kappa shape index (κ3) is 4.25. The van der Waals surface area contributed by atoms with Crippen LogP contribution in [0.4, 0.5) is 11.5 Å². The first-order valence-corrected chi connectivity index (χ1v) is 13.2. The van der Waals surface area contributed by atoms with Crippen molar-refractivity contribution in [3.05, 3.63) is 47.4 Å². The molecule has 0 spiro atoms. The second-order valence-electron chi connectivity index (χ2n) is 10.8. The molecule has 4 heterocycles. The summed E-state index contributed by atoms with van der Waals surface area (Å²) in [4.78, 5) is 22.4. The van der Waals surface area contributed by atoms with Gasteiger partial charge in [0.15, 0.2) is 0 Å². The van der Waals surface area contributed by atoms with Crippen molar-refractivity contribution in [2.75, 3.05) is 49.6 Å². The molecule has 8 nitrogen and oxygen atoms in total. The molecule has 2 aliphatic heterocycles. The number of benzene rings is 1. The van der Waals surface area contributed by atoms with Crippen LogP contribution in [0.2, 0.25) is 5.02 Å². The Balaban J connectivity index is 1.16. The maximum atomic E-state index is 13.0. The van der Waals surface area contributed by atoms with Crippen molar-refractivity contribution in [1.82, 2.24) is 19.7 Å². The molecule has 9 heteroatoms. The summed E-state index contributed by atoms with van der Waals surface area (Å²) >= 11 is 6.71. The lowest BCUT2D eigenvalue weighted by Crippen LogP contribution is -2.56. The van der Waals surface area contributed by atoms with Crippen molar-refractivity contribution in [3.63, 3.8) is 0 Å². The van der Waals surface area contributed by atoms with Gasteiger partial charge in [-0.05, 0) is 48.4 Å². The Bertz CT molecular complexity index is 1290. The maximum absolute atomic E-state index is 13.0. The maximum Gasteiger partial charge on any atom is 0.229 e. The second kappa shape index (κ2) is 9.01. The molecule has 0 unspecified atom stereocenters. The molecule has 6 rings (SSSR count). The second-order valence-corrected chi connectivity index (χ2v) is 11.2. The first kappa shape index (κ1) is 23.7. The Hall–Kier alpha value is -2.68. The number of piperazine rings is 1. The fraction of sp³-hybridized carbons (Fsp3) is 0.519. The number of hydrogen-bond donors (Lipinski definition) is 1. The number of pyridine rings is 1. The number of aryl methyl sites for hydroxylation is 1. The highest BCUT2D eigenvalue weighted by Crippen LogP contribution is 2.54. The predicted octanol–water partition coefficient (Wildman–Crippen LogP) is 3.91. The molecule has 1 aliphatic carbocycles. The third-order valence-electron chi connectivity index (χ3n) is 8.41. The van der Waals surface area contributed by atoms with Gasteiger partial charge < -0.3 is 15.0 Å². The average molecular weight is 509 g/mol. The van der Waals surface area contributed by atoms with Gasteiger partial charge in [-0.3, -0.25) is 14.4 Å². The van der Waals surface area contributed by atoms with Crippen LogP contribution in [-0.4, -0.2) is 70.5 Å². The Morgan fingerprint density at radius 1 is 1.17 bits per heavy atom. The van der Waals surface area contributed by atoms with E-state index in [0.29, 0.717) is 5.82 Å². The van der Waals surface area contributed by atoms with E-state index in [0.717, 1.165) is 72.9 Å². The smallest absolute Gasteiger partial charge is 0.229 e. The highest BCUT2D eigenvalue weighted by molar-refractivity contribution is 6.34. The zero-order chi connectivity index (χ0) is 25.0. The van der Waals surface area contributed by atoms with Gasteiger partial charge >= 0.3 is 0 Å². The molecule has 1 aromatic carbocycles. The van der Waals surface area contributed by atoms with Gasteiger partial charge in [0.05, 0.1) is 23.5 Å². The number of hydrogen-bond acceptors (Lipinski definition) is 6. The van der Waals surface area contributed by atoms with Crippen LogP contribution in [0.15, 0.2) is 36.8 Å². The zero-order valence-electron chi connectivity index (χ0n) is 21.1. The van der Waals surface area contributed by atoms with Gasteiger partial charge in [0, 0.05) is 75.0 Å². The first-order chi connectivity index (χ1) is 17.3. The molecule has 190 valence electrons. The average Bonchev–Trinajstić information content (AvgIpc) is 3.15. The molecule has 0 radical (unpaired) electrons. The highest BCUT2D eigenvalue weighted by Gasteiger charge is 2.53. The molecule has 1 N–H and O–H groups in total. The van der Waals surface area contributed by atoms with Crippen molar-refractivity contribution in [1.29, 1.82) is 0 Å². The largest absolute Gasteiger partial charge is 0.379 e. The van der Waals surface area contributed by atoms with Crippen LogP contribution >= 0.6 is 11.6 Å². The predicted molar refractivity (Wildman–Crippen MR) is 142 cm³/mol. The molecular weight excluding hydrogens is 476 g/mol. The van der Waals surface area contributed by atoms with E-state index in [2.05, 4.69) is 45.1 Å². The van der Waals surface area contributed by atoms with Crippen molar-refractivity contribution >= 4 is 39.8 Å². The Kier molecular flexibility index (Phi) is 5.93. The summed E-state index contributed by atoms with van der Waals surface area (Å²) in [5, 5.41) is 10.0. The van der Waals surface area contributed by atoms with E-state index in [1.807, 2.05) is 31.6 Å². The summed E-state index contributed by atoms with van der Waals surface area (Å²) in [6.45, 7) is 9.91. The third-order valence-corrected chi connectivity index (χ3v) is 8.71. The normalized spacial score (nSPS) is 28.6. The summed E-state index contributed by atoms with van der Waals surface area (Å²) < 4.78 is 7.45. The van der Waals surface area contributed by atoms with E-state index in [-0.39, 0.29) is 29.2 Å². The van der Waals surface area contributed by atoms with Crippen molar-refractivity contribution < 1.29 is 9.53 Å². The van der Waals surface area contributed by atoms with E-state index in [4.69, 9.17) is 16.3 Å². The number of amides is 1. The van der Waals surface area contributed by atoms with Gasteiger partial charge in [-0.15, -0.1) is 0 Å². The van der Waals surface area contributed by atoms with Crippen LogP contribution in [-0.2, 0) is 16.6 Å². The van der Waals surface area contributed by atoms with E-state index in [1.165, 1.54) is 0 Å². The van der Waals surface area contributed by atoms with Crippen LogP contribution in [0.3, 0.4) is 0 Å². The molecule has 3 aliphatic rings. The minimum absolute atomic E-state index is 0.0119. The molecule has 2 saturated heterocycles. The van der Waals surface area contributed by atoms with Gasteiger partial charge in [-0.25, -0.2) is 4.98 Å². The minimum atomic E-state index is -0.0594. The topological polar surface area (TPSA) is 75.5 Å². The lowest BCUT2D eigenvalue weighted by atomic mass is 9.98. The molecule has 1 amide bonds. The number of aromatic nitrogens is 3. The number of rotatable bonds is 5. The van der Waals surface area contributed by atoms with Crippen molar-refractivity contribution in [3.8, 4) is 0 Å². The van der Waals surface area contributed by atoms with Crippen LogP contribution < -0.4 is 10.2 Å². The summed E-state index contributed by atoms with van der Waals surface area (Å²) in [6, 6.07) is 6.06. The number of fused-ring (bicyclic) bond motifs is 1. The van der Waals surface area contributed by atoms with E-state index < -0.39 is 0 Å². The van der Waals surface area contributed by atoms with Crippen LogP contribution in [0.5, 0.6) is 0 Å². The molecule has 4 atom stereocenters. The number of carbonyl (C=O) groups is 1. The quantitative estimate of drug-likeness (QED) is 0.563. The monoisotopic (exact) mass is 508 g/mol. The Labute approximate surface area is 216 Å². The number of ether oxygens (including phenoxy) is 1. The van der Waals surface area contributed by atoms with Gasteiger partial charge in [-0.2, -0.15) is 5.10 Å². The molecule has 36 heavy (non-hydrogen) atoms. The minimum Gasteiger partial charge on any atom is -0.379 e. The lowest BCUT2D eigenvalue weighted by molar-refractivity contribution is -0.117. The summed E-state index contributed by atoms with van der Waals surface area (Å²) in [5.41, 5.74) is 2.30. The number of nitrogens with one attached hydrogen (secondary N) is 1. The first-order valence-electron chi connectivity index (χ1n) is 12.8. The standard InChI is InChI=1S/C27H33ClN6O2/c1-17-24(20-14-30-32(3)15-20)25(17)26(35)31-23-12-18-11-22(21(28)10-19(18)13-29-23)33-5-7-34(8-6-33)27(2)4-9-36-16-27/h10-15,17,24-25H,4-9,16H2,1-3H3,(H,29,31,35)/t17-,24-,25+,27+/m0/s1. The van der Waals surface area contributed by atoms with Gasteiger partial charge in [0.1, 0.15) is 5.82 Å². The van der Waals surface area contributed by atoms with Crippen LogP contribution in [0.25, 0.3) is 10.8 Å². The fourth-order valence-electron chi connectivity index (χ4n) is 6.05. The number of anilines is 2. The summed E-state index contributed by atoms with van der Waals surface area (Å²) in [7, 11) is 1.90. The summed E-state index contributed by atoms with van der Waals surface area (Å²) in [6.07, 6.45) is 6.73. The molecule has 3 aromatic rings. The SMILES string of the molecule is C[C@@H]1[C@@H](C(=O)Nc2cc3cc(N4CCN([C@]5(C)CCOC5)CC4)c(Cl)cc3cn2)[C@@H]1c1cnn(C)c1. The van der Waals surface area contributed by atoms with Crippen LogP contribution in [0.1, 0.15) is 31.7 Å². The van der Waals surface area contributed by atoms with Crippen LogP contribution in [0, 0.1) is 11.8 Å². The number of halogens is 1. The number of carbonyl (C=O) groups excluding carboxylic acids is 1. The Morgan fingerprint density at radius 3 is 2.67 bits per heavy atom. The van der Waals surface area contributed by atoms with Gasteiger partial charge in [0.25, 0.3) is 0 Å². The van der Waals surface area contributed by atoms with Crippen molar-refractivity contribution in [2.24, 2.45) is 18.9 Å². The molecule has 0 bridgehead atoms. The summed E-state index contributed by atoms with van der Waals surface area (Å²) in [5.74, 6) is 1.02. The van der Waals surface area contributed by atoms with E-state index in [1.54, 1.807) is 10.9 Å². The van der Waals surface area contributed by atoms with Gasteiger partial charge in [-0.1, -0.05) is 18.5 Å². The number of nitrogens with zero attached hydrogens (tertiary/aromatic N) is 5. The molecular formula is C27H33ClN6O2. The Morgan fingerprint density at radius 2 is 1.97 bits per heavy atom. The van der Waals surface area contributed by atoms with E-state index in [9.17, 15) is 4.79 Å². The fourth-order valence-corrected chi connectivity index (χ4v) is 6.35. The zero-order valence-corrected chi connectivity index (χ0v) is 21.8. The molecule has 3 fully saturated rings. The van der Waals surface area contributed by atoms with E-state index >= 15 is 0 Å². The lowest BCUT2D eigenvalue weighted by Gasteiger charge is -2.44. The molecule has 1 saturated carbocycles. The molecule has 2 aromatic heterocycles.